The summed E-state index contributed by atoms with van der Waals surface area (Å²) in [5.74, 6) is 1.02. The lowest BCUT2D eigenvalue weighted by Gasteiger charge is -2.35. The number of rotatable bonds is 6. The van der Waals surface area contributed by atoms with Crippen molar-refractivity contribution in [2.45, 2.75) is 10.9 Å². The van der Waals surface area contributed by atoms with Gasteiger partial charge in [0.2, 0.25) is 10.0 Å². The van der Waals surface area contributed by atoms with Crippen molar-refractivity contribution in [1.29, 1.82) is 0 Å². The predicted molar refractivity (Wildman–Crippen MR) is 122 cm³/mol. The van der Waals surface area contributed by atoms with E-state index in [0.717, 1.165) is 29.4 Å². The normalized spacial score (nSPS) is 17.9. The summed E-state index contributed by atoms with van der Waals surface area (Å²) in [5.41, 5.74) is 1.11. The molecule has 0 spiro atoms. The molecule has 0 aromatic heterocycles. The van der Waals surface area contributed by atoms with Gasteiger partial charge in [-0.15, -0.1) is 0 Å². The molecule has 5 rings (SSSR count). The third-order valence-corrected chi connectivity index (χ3v) is 7.38. The Hall–Kier alpha value is -2.65. The number of hydrogen-bond acceptors (Lipinski definition) is 6. The average molecular weight is 455 g/mol. The third kappa shape index (κ3) is 4.31. The summed E-state index contributed by atoms with van der Waals surface area (Å²) in [4.78, 5) is 2.46. The molecule has 0 radical (unpaired) electrons. The second-order valence-electron chi connectivity index (χ2n) is 7.89. The van der Waals surface area contributed by atoms with E-state index in [9.17, 15) is 8.42 Å². The van der Waals surface area contributed by atoms with Crippen LogP contribution in [0.3, 0.4) is 0 Å². The quantitative estimate of drug-likeness (QED) is 0.617. The monoisotopic (exact) mass is 454 g/mol. The van der Waals surface area contributed by atoms with Gasteiger partial charge in [-0.05, 0) is 28.5 Å². The van der Waals surface area contributed by atoms with E-state index < -0.39 is 10.0 Å². The first-order valence-corrected chi connectivity index (χ1v) is 12.3. The fourth-order valence-corrected chi connectivity index (χ4v) is 5.38. The van der Waals surface area contributed by atoms with E-state index in [0.29, 0.717) is 37.9 Å². The molecule has 1 N–H and O–H groups in total. The Morgan fingerprint density at radius 3 is 2.47 bits per heavy atom. The minimum atomic E-state index is -3.73. The summed E-state index contributed by atoms with van der Waals surface area (Å²) in [6, 6.07) is 19.0. The van der Waals surface area contributed by atoms with E-state index in [1.807, 2.05) is 18.2 Å². The molecular formula is C24H26N2O5S. The molecule has 0 aliphatic carbocycles. The molecule has 0 amide bonds. The van der Waals surface area contributed by atoms with Gasteiger partial charge in [0.25, 0.3) is 0 Å². The first-order chi connectivity index (χ1) is 15.6. The Bertz CT molecular complexity index is 1200. The highest BCUT2D eigenvalue weighted by Crippen LogP contribution is 2.33. The van der Waals surface area contributed by atoms with Crippen LogP contribution in [0.25, 0.3) is 10.8 Å². The second kappa shape index (κ2) is 9.07. The highest BCUT2D eigenvalue weighted by molar-refractivity contribution is 7.89. The maximum absolute atomic E-state index is 13.1. The number of hydrogen-bond donors (Lipinski definition) is 1. The number of fused-ring (bicyclic) bond motifs is 2. The Labute approximate surface area is 187 Å². The molecule has 3 aromatic carbocycles. The highest BCUT2D eigenvalue weighted by atomic mass is 32.2. The van der Waals surface area contributed by atoms with Crippen LogP contribution in [-0.2, 0) is 14.8 Å². The molecule has 1 fully saturated rings. The summed E-state index contributed by atoms with van der Waals surface area (Å²) in [7, 11) is -3.73. The average Bonchev–Trinajstić information content (AvgIpc) is 2.84. The number of nitrogens with one attached hydrogen (secondary N) is 1. The molecule has 2 aliphatic heterocycles. The third-order valence-electron chi connectivity index (χ3n) is 5.96. The molecule has 2 heterocycles. The first-order valence-electron chi connectivity index (χ1n) is 10.8. The topological polar surface area (TPSA) is 77.1 Å². The van der Waals surface area contributed by atoms with E-state index in [2.05, 4.69) is 33.9 Å². The largest absolute Gasteiger partial charge is 0.486 e. The van der Waals surface area contributed by atoms with Crippen molar-refractivity contribution >= 4 is 20.8 Å². The molecular weight excluding hydrogens is 428 g/mol. The standard InChI is InChI=1S/C24H26N2O5S/c27-32(28,19-8-9-23-24(16-19)31-15-14-30-23)25-17-22(26-10-12-29-13-11-26)21-7-3-5-18-4-1-2-6-20(18)21/h1-9,16,22,25H,10-15,17H2/t22-/m0/s1. The van der Waals surface area contributed by atoms with Gasteiger partial charge in [-0.1, -0.05) is 42.5 Å². The number of nitrogens with zero attached hydrogens (tertiary/aromatic N) is 1. The smallest absolute Gasteiger partial charge is 0.240 e. The lowest BCUT2D eigenvalue weighted by molar-refractivity contribution is 0.0175. The van der Waals surface area contributed by atoms with Gasteiger partial charge in [0, 0.05) is 31.7 Å². The number of ether oxygens (including phenoxy) is 3. The van der Waals surface area contributed by atoms with E-state index in [1.54, 1.807) is 12.1 Å². The summed E-state index contributed by atoms with van der Waals surface area (Å²) in [6.07, 6.45) is 0. The molecule has 7 nitrogen and oxygen atoms in total. The molecule has 8 heteroatoms. The van der Waals surface area contributed by atoms with Gasteiger partial charge in [0.15, 0.2) is 11.5 Å². The Morgan fingerprint density at radius 1 is 0.875 bits per heavy atom. The molecule has 168 valence electrons. The molecule has 1 atom stereocenters. The van der Waals surface area contributed by atoms with Crippen LogP contribution in [0.1, 0.15) is 11.6 Å². The Balaban J connectivity index is 1.44. The van der Waals surface area contributed by atoms with Gasteiger partial charge in [0.05, 0.1) is 18.1 Å². The fraction of sp³-hybridized carbons (Fsp3) is 0.333. The van der Waals surface area contributed by atoms with Crippen molar-refractivity contribution in [3.8, 4) is 11.5 Å². The Morgan fingerprint density at radius 2 is 1.62 bits per heavy atom. The molecule has 0 bridgehead atoms. The number of sulfonamides is 1. The van der Waals surface area contributed by atoms with E-state index >= 15 is 0 Å². The SMILES string of the molecule is O=S(=O)(NC[C@@H](c1cccc2ccccc12)N1CCOCC1)c1ccc2c(c1)OCCO2. The van der Waals surface area contributed by atoms with Crippen LogP contribution in [-0.4, -0.2) is 59.4 Å². The maximum Gasteiger partial charge on any atom is 0.240 e. The van der Waals surface area contributed by atoms with Gasteiger partial charge in [-0.3, -0.25) is 4.90 Å². The summed E-state index contributed by atoms with van der Waals surface area (Å²) >= 11 is 0. The molecule has 2 aliphatic rings. The Kier molecular flexibility index (Phi) is 6.01. The van der Waals surface area contributed by atoms with Crippen LogP contribution >= 0.6 is 0 Å². The van der Waals surface area contributed by atoms with Gasteiger partial charge >= 0.3 is 0 Å². The van der Waals surface area contributed by atoms with Crippen LogP contribution in [0, 0.1) is 0 Å². The number of benzene rings is 3. The van der Waals surface area contributed by atoms with Gasteiger partial charge in [-0.25, -0.2) is 13.1 Å². The fourth-order valence-electron chi connectivity index (χ4n) is 4.33. The maximum atomic E-state index is 13.1. The molecule has 0 saturated carbocycles. The van der Waals surface area contributed by atoms with Crippen molar-refractivity contribution in [3.63, 3.8) is 0 Å². The zero-order chi connectivity index (χ0) is 22.0. The van der Waals surface area contributed by atoms with Crippen LogP contribution in [0.4, 0.5) is 0 Å². The lowest BCUT2D eigenvalue weighted by Crippen LogP contribution is -2.43. The summed E-state index contributed by atoms with van der Waals surface area (Å²) < 4.78 is 45.7. The second-order valence-corrected chi connectivity index (χ2v) is 9.66. The number of morpholine rings is 1. The zero-order valence-corrected chi connectivity index (χ0v) is 18.5. The van der Waals surface area contributed by atoms with Crippen molar-refractivity contribution < 1.29 is 22.6 Å². The van der Waals surface area contributed by atoms with Crippen LogP contribution in [0.15, 0.2) is 65.6 Å². The predicted octanol–water partition coefficient (Wildman–Crippen LogP) is 2.96. The van der Waals surface area contributed by atoms with Crippen molar-refractivity contribution in [2.24, 2.45) is 0 Å². The van der Waals surface area contributed by atoms with Crippen LogP contribution < -0.4 is 14.2 Å². The van der Waals surface area contributed by atoms with Gasteiger partial charge in [0.1, 0.15) is 13.2 Å². The minimum absolute atomic E-state index is 0.114. The van der Waals surface area contributed by atoms with Crippen molar-refractivity contribution in [3.05, 3.63) is 66.2 Å². The van der Waals surface area contributed by atoms with Gasteiger partial charge < -0.3 is 14.2 Å². The van der Waals surface area contributed by atoms with E-state index in [4.69, 9.17) is 14.2 Å². The van der Waals surface area contributed by atoms with E-state index in [-0.39, 0.29) is 17.5 Å². The highest BCUT2D eigenvalue weighted by Gasteiger charge is 2.27. The van der Waals surface area contributed by atoms with Crippen LogP contribution in [0.2, 0.25) is 0 Å². The minimum Gasteiger partial charge on any atom is -0.486 e. The van der Waals surface area contributed by atoms with Crippen molar-refractivity contribution in [2.75, 3.05) is 46.1 Å². The molecule has 3 aromatic rings. The lowest BCUT2D eigenvalue weighted by atomic mass is 9.97. The first kappa shape index (κ1) is 21.2. The molecule has 0 unspecified atom stereocenters. The van der Waals surface area contributed by atoms with Gasteiger partial charge in [-0.2, -0.15) is 0 Å². The van der Waals surface area contributed by atoms with Crippen LogP contribution in [0.5, 0.6) is 11.5 Å². The molecule has 32 heavy (non-hydrogen) atoms. The molecule has 1 saturated heterocycles. The zero-order valence-electron chi connectivity index (χ0n) is 17.7. The summed E-state index contributed by atoms with van der Waals surface area (Å²) in [6.45, 7) is 3.89. The van der Waals surface area contributed by atoms with E-state index in [1.165, 1.54) is 6.07 Å². The summed E-state index contributed by atoms with van der Waals surface area (Å²) in [5, 5.41) is 2.27. The van der Waals surface area contributed by atoms with Crippen molar-refractivity contribution in [1.82, 2.24) is 9.62 Å².